The van der Waals surface area contributed by atoms with Crippen LogP contribution in [0.4, 0.5) is 22.7 Å². The van der Waals surface area contributed by atoms with Crippen LogP contribution in [0.2, 0.25) is 0 Å². The van der Waals surface area contributed by atoms with Gasteiger partial charge in [0.2, 0.25) is 0 Å². The Balaban J connectivity index is 1.01. The van der Waals surface area contributed by atoms with Gasteiger partial charge in [-0.15, -0.1) is 0 Å². The molecule has 4 heterocycles. The Morgan fingerprint density at radius 1 is 0.419 bits per heavy atom. The van der Waals surface area contributed by atoms with Crippen molar-refractivity contribution in [2.24, 2.45) is 0 Å². The van der Waals surface area contributed by atoms with Gasteiger partial charge in [0.1, 0.15) is 35.2 Å². The monoisotopic (exact) mass is 1130 g/mol. The maximum Gasteiger partial charge on any atom is 0.145 e. The Hall–Kier alpha value is -8.87. The Morgan fingerprint density at radius 2 is 0.988 bits per heavy atom. The molecule has 0 fully saturated rings. The molecule has 1 aliphatic rings. The van der Waals surface area contributed by atoms with Gasteiger partial charge in [-0.1, -0.05) is 219 Å². The fourth-order valence-corrected chi connectivity index (χ4v) is 13.0. The first-order valence-corrected chi connectivity index (χ1v) is 30.6. The van der Waals surface area contributed by atoms with Crippen molar-refractivity contribution in [1.29, 1.82) is 0 Å². The first-order valence-electron chi connectivity index (χ1n) is 30.6. The molecule has 1 aliphatic heterocycles. The molecule has 0 spiro atoms. The third kappa shape index (κ3) is 10.0. The summed E-state index contributed by atoms with van der Waals surface area (Å²) < 4.78 is 16.5. The van der Waals surface area contributed by atoms with Crippen LogP contribution in [0, 0.1) is 0 Å². The number of pyridine rings is 1. The molecule has 86 heavy (non-hydrogen) atoms. The van der Waals surface area contributed by atoms with E-state index >= 15 is 0 Å². The predicted octanol–water partition coefficient (Wildman–Crippen LogP) is 22.6. The van der Waals surface area contributed by atoms with Crippen LogP contribution in [0.1, 0.15) is 132 Å². The van der Waals surface area contributed by atoms with Gasteiger partial charge in [0.05, 0.1) is 33.5 Å². The van der Waals surface area contributed by atoms with Crippen LogP contribution in [0.15, 0.2) is 205 Å². The number of hydrogen-bond acceptors (Lipinski definition) is 5. The van der Waals surface area contributed by atoms with Gasteiger partial charge >= 0.3 is 0 Å². The molecule has 3 aromatic heterocycles. The minimum Gasteiger partial charge on any atom is -0.457 e. The topological polar surface area (TPSA) is 46.7 Å². The second-order valence-electron chi connectivity index (χ2n) is 29.0. The maximum absolute atomic E-state index is 7.42. The van der Waals surface area contributed by atoms with Crippen molar-refractivity contribution < 1.29 is 9.15 Å². The number of ether oxygens (including phenoxy) is 1. The van der Waals surface area contributed by atoms with Gasteiger partial charge in [0, 0.05) is 51.3 Å². The van der Waals surface area contributed by atoms with Crippen LogP contribution in [0.5, 0.6) is 11.5 Å². The number of para-hydroxylation sites is 4. The van der Waals surface area contributed by atoms with Crippen molar-refractivity contribution in [2.45, 2.75) is 131 Å². The quantitative estimate of drug-likeness (QED) is 0.152. The first-order chi connectivity index (χ1) is 40.8. The van der Waals surface area contributed by atoms with Crippen molar-refractivity contribution in [3.8, 4) is 50.7 Å². The molecule has 13 rings (SSSR count). The van der Waals surface area contributed by atoms with E-state index in [4.69, 9.17) is 14.1 Å². The van der Waals surface area contributed by atoms with Crippen molar-refractivity contribution in [2.75, 3.05) is 16.5 Å². The average Bonchev–Trinajstić information content (AvgIpc) is 1.64. The molecule has 0 saturated carbocycles. The largest absolute Gasteiger partial charge is 0.457 e. The number of aromatic nitrogens is 2. The Bertz CT molecular complexity index is 4490. The Morgan fingerprint density at radius 3 is 1.59 bits per heavy atom. The van der Waals surface area contributed by atoms with Crippen molar-refractivity contribution in [1.82, 2.24) is 9.55 Å². The van der Waals surface area contributed by atoms with Gasteiger partial charge in [-0.25, -0.2) is 4.98 Å². The van der Waals surface area contributed by atoms with E-state index in [9.17, 15) is 0 Å². The molecule has 9 aromatic carbocycles. The van der Waals surface area contributed by atoms with E-state index in [1.54, 1.807) is 0 Å². The molecular formula is C80H80N4O2. The van der Waals surface area contributed by atoms with Gasteiger partial charge in [-0.2, -0.15) is 0 Å². The van der Waals surface area contributed by atoms with E-state index in [1.807, 2.05) is 12.3 Å². The summed E-state index contributed by atoms with van der Waals surface area (Å²) in [5.74, 6) is 2.30. The minimum absolute atomic E-state index is 0.0245. The van der Waals surface area contributed by atoms with Gasteiger partial charge in [-0.3, -0.25) is 4.57 Å². The van der Waals surface area contributed by atoms with Crippen LogP contribution < -0.4 is 14.5 Å². The molecule has 12 aromatic rings. The van der Waals surface area contributed by atoms with E-state index in [2.05, 4.69) is 306 Å². The molecule has 0 amide bonds. The zero-order valence-electron chi connectivity index (χ0n) is 52.9. The van der Waals surface area contributed by atoms with Crippen LogP contribution in [0.3, 0.4) is 0 Å². The van der Waals surface area contributed by atoms with Crippen LogP contribution in [-0.4, -0.2) is 16.2 Å². The third-order valence-electron chi connectivity index (χ3n) is 17.7. The highest BCUT2D eigenvalue weighted by atomic mass is 16.5. The highest BCUT2D eigenvalue weighted by Crippen LogP contribution is 2.53. The van der Waals surface area contributed by atoms with Crippen LogP contribution in [0.25, 0.3) is 82.9 Å². The lowest BCUT2D eigenvalue weighted by Gasteiger charge is -2.31. The van der Waals surface area contributed by atoms with E-state index in [1.165, 1.54) is 61.3 Å². The van der Waals surface area contributed by atoms with E-state index < -0.39 is 0 Å². The predicted molar refractivity (Wildman–Crippen MR) is 364 cm³/mol. The van der Waals surface area contributed by atoms with E-state index in [0.717, 1.165) is 83.7 Å². The summed E-state index contributed by atoms with van der Waals surface area (Å²) in [7, 11) is 0. The lowest BCUT2D eigenvalue weighted by molar-refractivity contribution is 0.483. The number of fused-ring (bicyclic) bond motifs is 8. The highest BCUT2D eigenvalue weighted by Gasteiger charge is 2.34. The van der Waals surface area contributed by atoms with Crippen molar-refractivity contribution in [3.05, 3.63) is 228 Å². The second kappa shape index (κ2) is 20.4. The maximum atomic E-state index is 7.42. The zero-order valence-corrected chi connectivity index (χ0v) is 52.9. The number of anilines is 4. The average molecular weight is 1130 g/mol. The fraction of sp³-hybridized carbons (Fsp3) is 0.263. The fourth-order valence-electron chi connectivity index (χ4n) is 13.0. The summed E-state index contributed by atoms with van der Waals surface area (Å²) in [4.78, 5) is 10.1. The van der Waals surface area contributed by atoms with Gasteiger partial charge < -0.3 is 19.0 Å². The van der Waals surface area contributed by atoms with Crippen molar-refractivity contribution >= 4 is 66.5 Å². The highest BCUT2D eigenvalue weighted by molar-refractivity contribution is 6.24. The van der Waals surface area contributed by atoms with E-state index in [-0.39, 0.29) is 27.1 Å². The Labute approximate surface area is 508 Å². The van der Waals surface area contributed by atoms with E-state index in [0.29, 0.717) is 6.67 Å². The lowest BCUT2D eigenvalue weighted by atomic mass is 9.74. The van der Waals surface area contributed by atoms with Gasteiger partial charge in [-0.05, 0) is 144 Å². The molecule has 6 heteroatoms. The molecule has 0 radical (unpaired) electrons. The smallest absolute Gasteiger partial charge is 0.145 e. The zero-order chi connectivity index (χ0) is 60.4. The van der Waals surface area contributed by atoms with Gasteiger partial charge in [0.15, 0.2) is 0 Å². The Kier molecular flexibility index (Phi) is 13.3. The number of benzene rings is 9. The molecule has 6 nitrogen and oxygen atoms in total. The normalized spacial score (nSPS) is 13.4. The summed E-state index contributed by atoms with van der Waals surface area (Å²) >= 11 is 0. The molecule has 0 N–H and O–H groups in total. The molecule has 0 unspecified atom stereocenters. The second-order valence-corrected chi connectivity index (χ2v) is 29.0. The summed E-state index contributed by atoms with van der Waals surface area (Å²) in [6.07, 6.45) is 1.94. The molecule has 432 valence electrons. The summed E-state index contributed by atoms with van der Waals surface area (Å²) in [5.41, 5.74) is 21.3. The van der Waals surface area contributed by atoms with Gasteiger partial charge in [0.25, 0.3) is 0 Å². The minimum atomic E-state index is -0.164. The number of rotatable bonds is 8. The van der Waals surface area contributed by atoms with Crippen molar-refractivity contribution in [3.63, 3.8) is 0 Å². The third-order valence-corrected chi connectivity index (χ3v) is 17.7. The molecule has 0 saturated heterocycles. The van der Waals surface area contributed by atoms with Crippen LogP contribution in [-0.2, 0) is 27.1 Å². The number of hydrogen-bond donors (Lipinski definition) is 0. The number of furan rings is 1. The molecule has 0 aliphatic carbocycles. The summed E-state index contributed by atoms with van der Waals surface area (Å²) in [6.45, 7) is 35.0. The first kappa shape index (κ1) is 56.3. The molecular weight excluding hydrogens is 1050 g/mol. The van der Waals surface area contributed by atoms with Crippen LogP contribution >= 0.6 is 0 Å². The molecule has 0 atom stereocenters. The standard InChI is InChI=1S/C80H80N4O2/c1-76(2,3)53-34-30-50(31-35-53)59-23-20-24-60(51-32-36-54(37-33-51)77(4,5)6)74(59)83-49-82(66-27-17-18-28-67(66)83)56-44-52(72-64(79(10,11)12)25-21-26-65(72)80(13,14)15)45-58(47-56)85-57-38-39-63-69(48-57)84(71-46-55(42-43-81-71)78(7,8)9)68-41-40-62-61-22-16-19-29-70(61)86-75(62)73(63)68/h16-48H,49H2,1-15H3. The summed E-state index contributed by atoms with van der Waals surface area (Å²) in [6, 6.07) is 71.7. The molecule has 0 bridgehead atoms. The summed E-state index contributed by atoms with van der Waals surface area (Å²) in [5, 5.41) is 4.30. The SMILES string of the molecule is CC(C)(C)c1ccc(-c2cccc(-c3ccc(C(C)(C)C)cc3)c2N2CN(c3cc(Oc4ccc5c6c7oc8ccccc8c7ccc6n(-c6cc(C(C)(C)C)ccn6)c5c4)cc(-c4c(C(C)(C)C)cccc4C(C)(C)C)c3)c3ccccc32)cc1. The number of nitrogens with zero attached hydrogens (tertiary/aromatic N) is 4. The lowest BCUT2D eigenvalue weighted by Crippen LogP contribution is -2.25.